The van der Waals surface area contributed by atoms with E-state index in [0.29, 0.717) is 29.6 Å². The van der Waals surface area contributed by atoms with Crippen LogP contribution in [0, 0.1) is 0 Å². The number of pyridine rings is 1. The van der Waals surface area contributed by atoms with E-state index in [1.807, 2.05) is 71.0 Å². The molecule has 45 heavy (non-hydrogen) atoms. The third-order valence-electron chi connectivity index (χ3n) is 6.55. The van der Waals surface area contributed by atoms with Crippen molar-refractivity contribution in [3.63, 3.8) is 0 Å². The van der Waals surface area contributed by atoms with Gasteiger partial charge in [0.1, 0.15) is 4.70 Å². The maximum atomic E-state index is 11.3. The molecule has 2 aromatic heterocycles. The molecule has 9 nitrogen and oxygen atoms in total. The molecule has 2 N–H and O–H groups in total. The first-order chi connectivity index (χ1) is 21.3. The molecule has 0 spiro atoms. The number of hydrogen-bond acceptors (Lipinski definition) is 8. The summed E-state index contributed by atoms with van der Waals surface area (Å²) in [6.07, 6.45) is 8.76. The number of benzene rings is 2. The van der Waals surface area contributed by atoms with Gasteiger partial charge in [-0.25, -0.2) is 0 Å². The third-order valence-corrected chi connectivity index (χ3v) is 10.8. The Kier molecular flexibility index (Phi) is 12.5. The fraction of sp³-hybridized carbons (Fsp3) is 0.267. The van der Waals surface area contributed by atoms with Gasteiger partial charge in [0.25, 0.3) is 25.2 Å². The number of aromatic nitrogens is 2. The zero-order chi connectivity index (χ0) is 32.6. The summed E-state index contributed by atoms with van der Waals surface area (Å²) in [7, 11) is -8.16. The smallest absolute Gasteiger partial charge is 0.265 e. The second kappa shape index (κ2) is 15.9. The van der Waals surface area contributed by atoms with Crippen molar-refractivity contribution in [3.05, 3.63) is 98.7 Å². The summed E-state index contributed by atoms with van der Waals surface area (Å²) in [6, 6.07) is 16.9. The molecule has 0 aliphatic carbocycles. The molecular weight excluding hydrogens is 698 g/mol. The predicted molar refractivity (Wildman–Crippen MR) is 184 cm³/mol. The van der Waals surface area contributed by atoms with Gasteiger partial charge in [-0.1, -0.05) is 59.3 Å². The molecule has 4 aromatic rings. The molecule has 1 aliphatic heterocycles. The minimum atomic E-state index is -4.08. The molecule has 0 unspecified atom stereocenters. The maximum Gasteiger partial charge on any atom is 0.265 e. The Bertz CT molecular complexity index is 1890. The number of anilines is 1. The summed E-state index contributed by atoms with van der Waals surface area (Å²) in [4.78, 5) is 6.78. The van der Waals surface area contributed by atoms with E-state index in [2.05, 4.69) is 4.98 Å². The van der Waals surface area contributed by atoms with Gasteiger partial charge in [-0.05, 0) is 67.0 Å². The van der Waals surface area contributed by atoms with Crippen molar-refractivity contribution in [2.45, 2.75) is 37.6 Å². The molecule has 0 saturated heterocycles. The Labute approximate surface area is 281 Å². The molecule has 0 bridgehead atoms. The Morgan fingerprint density at radius 3 is 2.24 bits per heavy atom. The zero-order valence-electron chi connectivity index (χ0n) is 24.2. The summed E-state index contributed by atoms with van der Waals surface area (Å²) in [5.41, 5.74) is 2.75. The van der Waals surface area contributed by atoms with Crippen LogP contribution in [0.15, 0.2) is 88.6 Å². The summed E-state index contributed by atoms with van der Waals surface area (Å²) in [5.74, 6) is -0.691. The van der Waals surface area contributed by atoms with E-state index in [4.69, 9.17) is 23.2 Å². The van der Waals surface area contributed by atoms with Gasteiger partial charge in [-0.3, -0.25) is 14.1 Å². The van der Waals surface area contributed by atoms with E-state index in [9.17, 15) is 25.9 Å². The summed E-state index contributed by atoms with van der Waals surface area (Å²) in [5, 5.41) is 2.93. The van der Waals surface area contributed by atoms with E-state index in [-0.39, 0.29) is 24.3 Å². The lowest BCUT2D eigenvalue weighted by atomic mass is 10.2. The topological polar surface area (TPSA) is 129 Å². The fourth-order valence-corrected chi connectivity index (χ4v) is 8.12. The maximum absolute atomic E-state index is 11.3. The Morgan fingerprint density at radius 2 is 1.62 bits per heavy atom. The molecule has 0 atom stereocenters. The number of halogens is 2. The van der Waals surface area contributed by atoms with Crippen LogP contribution in [0.4, 0.5) is 5.69 Å². The lowest BCUT2D eigenvalue weighted by molar-refractivity contribution is -0.668. The lowest BCUT2D eigenvalue weighted by Crippen LogP contribution is -2.36. The molecule has 0 amide bonds. The van der Waals surface area contributed by atoms with Crippen LogP contribution in [-0.4, -0.2) is 49.0 Å². The van der Waals surface area contributed by atoms with Crippen molar-refractivity contribution in [3.8, 4) is 0 Å². The van der Waals surface area contributed by atoms with Crippen LogP contribution in [0.3, 0.4) is 0 Å². The van der Waals surface area contributed by atoms with Gasteiger partial charge in [0, 0.05) is 52.4 Å². The number of nitrogens with zero attached hydrogens (tertiary/aromatic N) is 3. The molecule has 15 heteroatoms. The van der Waals surface area contributed by atoms with Gasteiger partial charge in [0.2, 0.25) is 5.52 Å². The normalized spacial score (nSPS) is 14.5. The van der Waals surface area contributed by atoms with Crippen LogP contribution in [-0.2, 0) is 26.8 Å². The largest absolute Gasteiger partial charge is 0.335 e. The van der Waals surface area contributed by atoms with Gasteiger partial charge < -0.3 is 4.90 Å². The molecule has 0 fully saturated rings. The van der Waals surface area contributed by atoms with Gasteiger partial charge in [-0.2, -0.15) is 21.4 Å². The van der Waals surface area contributed by atoms with Crippen LogP contribution >= 0.6 is 46.3 Å². The Balaban J connectivity index is 0.000000687. The molecule has 0 radical (unpaired) electrons. The molecule has 5 rings (SSSR count). The Morgan fingerprint density at radius 1 is 0.956 bits per heavy atom. The number of allylic oxidation sites excluding steroid dienone is 2. The fourth-order valence-electron chi connectivity index (χ4n) is 4.51. The van der Waals surface area contributed by atoms with Crippen LogP contribution < -0.4 is 9.47 Å². The first-order valence-corrected chi connectivity index (χ1v) is 19.5. The number of hydrogen-bond donors (Lipinski definition) is 2. The minimum absolute atomic E-state index is 0.235. The van der Waals surface area contributed by atoms with E-state index in [1.165, 1.54) is 0 Å². The molecule has 1 aliphatic rings. The van der Waals surface area contributed by atoms with E-state index in [1.54, 1.807) is 47.6 Å². The van der Waals surface area contributed by atoms with Crippen molar-refractivity contribution >= 4 is 88.5 Å². The number of thioether (sulfide) groups is 1. The average Bonchev–Trinajstić information content (AvgIpc) is 3.49. The number of fused-ring (bicyclic) bond motifs is 2. The molecular formula is C30H32Cl2N3O6S4+. The highest BCUT2D eigenvalue weighted by atomic mass is 35.5. The monoisotopic (exact) mass is 728 g/mol. The minimum Gasteiger partial charge on any atom is -0.335 e. The second-order valence-electron chi connectivity index (χ2n) is 9.93. The SMILES string of the molecule is CCC(=Cc1sc2ccc(Cl)cc2[n+]1CCCS(=O)(=O)O)C=C1Sc2ccc(Cl)cc2N1CCCS(=O)(=O)O.c1ccncc1. The predicted octanol–water partition coefficient (Wildman–Crippen LogP) is 7.38. The van der Waals surface area contributed by atoms with Crippen LogP contribution in [0.25, 0.3) is 16.3 Å². The van der Waals surface area contributed by atoms with Gasteiger partial charge in [-0.15, -0.1) is 0 Å². The van der Waals surface area contributed by atoms with E-state index < -0.39 is 20.2 Å². The summed E-state index contributed by atoms with van der Waals surface area (Å²) < 4.78 is 66.6. The second-order valence-corrected chi connectivity index (χ2v) is 16.1. The first kappa shape index (κ1) is 35.4. The lowest BCUT2D eigenvalue weighted by Gasteiger charge is -2.20. The zero-order valence-corrected chi connectivity index (χ0v) is 29.0. The average molecular weight is 730 g/mol. The molecule has 2 aromatic carbocycles. The molecule has 0 saturated carbocycles. The number of thiazole rings is 1. The summed E-state index contributed by atoms with van der Waals surface area (Å²) >= 11 is 15.6. The van der Waals surface area contributed by atoms with Gasteiger partial charge in [0.15, 0.2) is 6.54 Å². The number of aryl methyl sites for hydroxylation is 1. The highest BCUT2D eigenvalue weighted by molar-refractivity contribution is 8.03. The van der Waals surface area contributed by atoms with Crippen molar-refractivity contribution < 1.29 is 30.5 Å². The van der Waals surface area contributed by atoms with Crippen LogP contribution in [0.1, 0.15) is 31.2 Å². The van der Waals surface area contributed by atoms with Crippen molar-refractivity contribution in [2.75, 3.05) is 23.0 Å². The quantitative estimate of drug-likeness (QED) is 0.120. The molecule has 240 valence electrons. The third kappa shape index (κ3) is 10.8. The number of rotatable bonds is 11. The Hall–Kier alpha value is -2.49. The van der Waals surface area contributed by atoms with Crippen molar-refractivity contribution in [2.24, 2.45) is 0 Å². The summed E-state index contributed by atoms with van der Waals surface area (Å²) in [6.45, 7) is 2.78. The highest BCUT2D eigenvalue weighted by Gasteiger charge is 2.26. The van der Waals surface area contributed by atoms with Gasteiger partial charge >= 0.3 is 0 Å². The van der Waals surface area contributed by atoms with E-state index in [0.717, 1.165) is 36.4 Å². The van der Waals surface area contributed by atoms with Gasteiger partial charge in [0.05, 0.1) is 22.2 Å². The van der Waals surface area contributed by atoms with Crippen LogP contribution in [0.2, 0.25) is 10.0 Å². The van der Waals surface area contributed by atoms with E-state index >= 15 is 0 Å². The highest BCUT2D eigenvalue weighted by Crippen LogP contribution is 2.47. The molecule has 3 heterocycles. The van der Waals surface area contributed by atoms with Crippen LogP contribution in [0.5, 0.6) is 0 Å². The standard InChI is InChI=1S/C25H26Cl2N2O6S4.C5H5N/c1-2-17(13-24-28(9-3-11-38(30,31)32)20-15-18(26)5-7-22(20)36-24)14-25-29(10-4-12-39(33,34)35)21-16-19(27)6-8-23(21)37-25;1-2-4-6-5-3-1/h5-8,13-16H,2-4,9-12H2,1H3,(H-,30,31,32,33,34,35);1-5H/p+1. The van der Waals surface area contributed by atoms with Crippen molar-refractivity contribution in [1.29, 1.82) is 0 Å². The van der Waals surface area contributed by atoms with Crippen molar-refractivity contribution in [1.82, 2.24) is 4.98 Å². The first-order valence-electron chi connectivity index (χ1n) is 13.9.